The SMILES string of the molecule is C.CCC(=O)c1c(C)c(C)c(/C=N/NC(=O)CC(=O)N/N=C/c2c(C)c(C)c(C(=O)CC)c(C)c2C)c(C)c1C.CCNC(=O)CC(=O)N/N=C/c1c(C)c(C)c(C(=O)CC)c(C)c1C.CCNC(=O)CC(=O)N/N=C/c1c(C)c(C)c(C(=O)CC)c(C)c1C. The summed E-state index contributed by atoms with van der Waals surface area (Å²) in [4.78, 5) is 120. The van der Waals surface area contributed by atoms with Gasteiger partial charge in [-0.2, -0.15) is 20.4 Å². The Kier molecular flexibility index (Phi) is 32.6. The van der Waals surface area contributed by atoms with Gasteiger partial charge in [0.15, 0.2) is 23.1 Å². The third kappa shape index (κ3) is 20.6. The van der Waals surface area contributed by atoms with Crippen molar-refractivity contribution in [2.75, 3.05) is 13.1 Å². The third-order valence-electron chi connectivity index (χ3n) is 16.4. The molecule has 0 atom stereocenters. The third-order valence-corrected chi connectivity index (χ3v) is 16.4. The van der Waals surface area contributed by atoms with E-state index in [0.29, 0.717) is 38.8 Å². The summed E-state index contributed by atoms with van der Waals surface area (Å²) in [5, 5.41) is 21.1. The lowest BCUT2D eigenvalue weighted by atomic mass is 9.87. The minimum Gasteiger partial charge on any atom is -0.356 e. The molecule has 4 aromatic carbocycles. The number of Topliss-reactive ketones (excluding diaryl/α,β-unsaturated/α-hetero) is 4. The molecule has 6 amide bonds. The van der Waals surface area contributed by atoms with Gasteiger partial charge in [0, 0.05) is 83.3 Å². The van der Waals surface area contributed by atoms with E-state index in [1.807, 2.05) is 138 Å². The molecule has 0 fully saturated rings. The number of hydrogen-bond donors (Lipinski definition) is 6. The first-order valence-corrected chi connectivity index (χ1v) is 30.1. The first kappa shape index (κ1) is 79.1. The molecule has 4 rings (SSSR count). The second kappa shape index (κ2) is 37.2. The smallest absolute Gasteiger partial charge is 0.249 e. The van der Waals surface area contributed by atoms with Crippen LogP contribution >= 0.6 is 0 Å². The molecule has 20 nitrogen and oxygen atoms in total. The number of nitrogens with one attached hydrogen (secondary N) is 6. The van der Waals surface area contributed by atoms with Crippen LogP contribution in [0.25, 0.3) is 0 Å². The number of hydrogen-bond acceptors (Lipinski definition) is 14. The quantitative estimate of drug-likeness (QED) is 0.0167. The number of benzene rings is 4. The Morgan fingerprint density at radius 1 is 0.267 bits per heavy atom. The Morgan fingerprint density at radius 2 is 0.422 bits per heavy atom. The molecule has 6 N–H and O–H groups in total. The Balaban J connectivity index is 0.000000699. The number of hydrazone groups is 4. The fourth-order valence-electron chi connectivity index (χ4n) is 10.3. The summed E-state index contributed by atoms with van der Waals surface area (Å²) in [6.45, 7) is 42.7. The van der Waals surface area contributed by atoms with Crippen molar-refractivity contribution in [2.45, 2.75) is 205 Å². The standard InChI is InChI=1S/C31H40N4O4.2C19H27N3O3.CH4/c1-11-26(36)30-20(7)16(3)24(17(4)21(30)8)14-32-34-28(38)13-29(39)35-33-15-25-18(5)22(9)31(27(37)12-2)23(10)19(25)6;2*1-7-16(23)19-13(5)11(3)15(12(4)14(19)6)10-21-22-18(25)9-17(24)20-8-2;/h14-15H,11-13H2,1-10H3,(H,34,38)(H,35,39);2*10H,7-9H2,1-6H3,(H,20,24)(H,22,25);1H4/b32-14+,33-15+;2*21-10+;. The zero-order valence-electron chi connectivity index (χ0n) is 56.5. The molecule has 0 aliphatic carbocycles. The Morgan fingerprint density at radius 3 is 0.567 bits per heavy atom. The number of ketones is 4. The largest absolute Gasteiger partial charge is 0.356 e. The summed E-state index contributed by atoms with van der Waals surface area (Å²) in [5.74, 6) is -2.33. The zero-order valence-corrected chi connectivity index (χ0v) is 56.5. The van der Waals surface area contributed by atoms with Crippen LogP contribution in [0.15, 0.2) is 20.4 Å². The average Bonchev–Trinajstić information content (AvgIpc) is 0.874. The summed E-state index contributed by atoms with van der Waals surface area (Å²) >= 11 is 0. The van der Waals surface area contributed by atoms with E-state index in [1.54, 1.807) is 38.7 Å². The van der Waals surface area contributed by atoms with E-state index in [2.05, 4.69) is 52.7 Å². The molecule has 488 valence electrons. The normalized spacial score (nSPS) is 10.9. The molecule has 0 aromatic heterocycles. The Labute approximate surface area is 533 Å². The number of carbonyl (C=O) groups excluding carboxylic acids is 10. The highest BCUT2D eigenvalue weighted by atomic mass is 16.2. The summed E-state index contributed by atoms with van der Waals surface area (Å²) < 4.78 is 0. The maximum absolute atomic E-state index is 12.4. The molecule has 20 heteroatoms. The van der Waals surface area contributed by atoms with Gasteiger partial charge in [0.05, 0.1) is 24.9 Å². The van der Waals surface area contributed by atoms with Crippen molar-refractivity contribution in [3.63, 3.8) is 0 Å². The highest BCUT2D eigenvalue weighted by Gasteiger charge is 2.23. The van der Waals surface area contributed by atoms with E-state index in [0.717, 1.165) is 134 Å². The first-order valence-electron chi connectivity index (χ1n) is 30.1. The predicted octanol–water partition coefficient (Wildman–Crippen LogP) is 10.9. The molecule has 0 spiro atoms. The number of rotatable bonds is 24. The average molecular weight is 1240 g/mol. The van der Waals surface area contributed by atoms with Crippen molar-refractivity contribution < 1.29 is 47.9 Å². The molecule has 0 aliphatic rings. The fraction of sp³-hybridized carbons (Fsp3) is 0.457. The summed E-state index contributed by atoms with van der Waals surface area (Å²) in [6, 6.07) is 0. The van der Waals surface area contributed by atoms with Crippen LogP contribution in [0.3, 0.4) is 0 Å². The Bertz CT molecular complexity index is 3200. The minimum absolute atomic E-state index is 0. The van der Waals surface area contributed by atoms with Gasteiger partial charge in [0.25, 0.3) is 0 Å². The van der Waals surface area contributed by atoms with E-state index in [9.17, 15) is 47.9 Å². The number of carbonyl (C=O) groups is 10. The maximum atomic E-state index is 12.4. The molecular weight excluding hydrogens is 1140 g/mol. The van der Waals surface area contributed by atoms with Gasteiger partial charge in [-0.3, -0.25) is 47.9 Å². The summed E-state index contributed by atoms with van der Waals surface area (Å²) in [5.41, 5.74) is 30.8. The molecular formula is C70H98N10O10. The predicted molar refractivity (Wildman–Crippen MR) is 361 cm³/mol. The van der Waals surface area contributed by atoms with Gasteiger partial charge in [-0.25, -0.2) is 21.7 Å². The van der Waals surface area contributed by atoms with Gasteiger partial charge in [-0.05, 0) is 214 Å². The van der Waals surface area contributed by atoms with Crippen LogP contribution in [-0.2, 0) is 28.8 Å². The molecule has 0 aliphatic heterocycles. The molecule has 90 heavy (non-hydrogen) atoms. The molecule has 0 saturated carbocycles. The van der Waals surface area contributed by atoms with Crippen molar-refractivity contribution in [1.29, 1.82) is 0 Å². The lowest BCUT2D eigenvalue weighted by molar-refractivity contribution is -0.130. The molecule has 0 bridgehead atoms. The second-order valence-corrected chi connectivity index (χ2v) is 21.9. The van der Waals surface area contributed by atoms with Gasteiger partial charge in [0.2, 0.25) is 35.4 Å². The van der Waals surface area contributed by atoms with Crippen LogP contribution in [0.2, 0.25) is 0 Å². The molecule has 4 aromatic rings. The fourth-order valence-corrected chi connectivity index (χ4v) is 10.3. The zero-order chi connectivity index (χ0) is 67.9. The van der Waals surface area contributed by atoms with E-state index in [1.165, 1.54) is 0 Å². The van der Waals surface area contributed by atoms with Crippen molar-refractivity contribution >= 4 is 83.4 Å². The molecule has 0 unspecified atom stereocenters. The summed E-state index contributed by atoms with van der Waals surface area (Å²) in [7, 11) is 0. The summed E-state index contributed by atoms with van der Waals surface area (Å²) in [6.07, 6.45) is 7.05. The van der Waals surface area contributed by atoms with E-state index < -0.39 is 30.0 Å². The molecule has 0 heterocycles. The van der Waals surface area contributed by atoms with Crippen LogP contribution in [0.4, 0.5) is 0 Å². The van der Waals surface area contributed by atoms with Crippen LogP contribution in [-0.4, -0.2) is 96.5 Å². The number of nitrogens with zero attached hydrogens (tertiary/aromatic N) is 4. The van der Waals surface area contributed by atoms with Gasteiger partial charge in [-0.15, -0.1) is 0 Å². The van der Waals surface area contributed by atoms with E-state index in [-0.39, 0.29) is 55.2 Å². The van der Waals surface area contributed by atoms with Crippen molar-refractivity contribution in [3.05, 3.63) is 134 Å². The second-order valence-electron chi connectivity index (χ2n) is 21.9. The maximum Gasteiger partial charge on any atom is 0.249 e. The van der Waals surface area contributed by atoms with Crippen LogP contribution in [0.5, 0.6) is 0 Å². The Hall–Kier alpha value is -8.94. The highest BCUT2D eigenvalue weighted by Crippen LogP contribution is 2.30. The van der Waals surface area contributed by atoms with Gasteiger partial charge >= 0.3 is 0 Å². The molecule has 0 saturated heterocycles. The number of amides is 6. The van der Waals surface area contributed by atoms with E-state index in [4.69, 9.17) is 0 Å². The first-order chi connectivity index (χ1) is 41.8. The van der Waals surface area contributed by atoms with Crippen molar-refractivity contribution in [1.82, 2.24) is 32.3 Å². The topological polar surface area (TPSA) is 292 Å². The minimum atomic E-state index is -0.582. The van der Waals surface area contributed by atoms with Gasteiger partial charge < -0.3 is 10.6 Å². The molecule has 0 radical (unpaired) electrons. The van der Waals surface area contributed by atoms with Crippen LogP contribution in [0, 0.1) is 111 Å². The van der Waals surface area contributed by atoms with Crippen LogP contribution in [0.1, 0.15) is 247 Å². The van der Waals surface area contributed by atoms with Crippen LogP contribution < -0.4 is 32.3 Å². The monoisotopic (exact) mass is 1240 g/mol. The lowest BCUT2D eigenvalue weighted by Gasteiger charge is -2.17. The van der Waals surface area contributed by atoms with Crippen molar-refractivity contribution in [2.24, 2.45) is 20.4 Å². The van der Waals surface area contributed by atoms with Gasteiger partial charge in [0.1, 0.15) is 19.3 Å². The van der Waals surface area contributed by atoms with Gasteiger partial charge in [-0.1, -0.05) is 35.1 Å². The lowest BCUT2D eigenvalue weighted by Crippen LogP contribution is -2.29. The highest BCUT2D eigenvalue weighted by molar-refractivity contribution is 6.05. The van der Waals surface area contributed by atoms with E-state index >= 15 is 0 Å². The van der Waals surface area contributed by atoms with Crippen molar-refractivity contribution in [3.8, 4) is 0 Å².